The maximum Gasteiger partial charge on any atom is 0.587 e. The lowest BCUT2D eigenvalue weighted by molar-refractivity contribution is 0.206. The third-order valence-electron chi connectivity index (χ3n) is 2.74. The van der Waals surface area contributed by atoms with Crippen LogP contribution in [0.25, 0.3) is 0 Å². The van der Waals surface area contributed by atoms with Gasteiger partial charge in [-0.05, 0) is 30.7 Å². The van der Waals surface area contributed by atoms with Gasteiger partial charge < -0.3 is 14.2 Å². The van der Waals surface area contributed by atoms with E-state index in [1.165, 1.54) is 12.1 Å². The fraction of sp³-hybridized carbons (Fsp3) is 0.250. The van der Waals surface area contributed by atoms with E-state index >= 15 is 0 Å². The van der Waals surface area contributed by atoms with Gasteiger partial charge in [-0.15, -0.1) is 0 Å². The molecule has 0 aliphatic heterocycles. The van der Waals surface area contributed by atoms with Gasteiger partial charge in [-0.2, -0.15) is 0 Å². The fourth-order valence-corrected chi connectivity index (χ4v) is 2.92. The molecule has 2 aromatic carbocycles. The predicted octanol–water partition coefficient (Wildman–Crippen LogP) is 4.77. The zero-order chi connectivity index (χ0) is 15.8. The number of phenols is 1. The van der Waals surface area contributed by atoms with Crippen molar-refractivity contribution in [1.29, 1.82) is 0 Å². The minimum atomic E-state index is -3.82. The molecule has 1 unspecified atom stereocenters. The third kappa shape index (κ3) is 5.10. The molecule has 0 fully saturated rings. The molecular weight excluding hydrogens is 303 g/mol. The van der Waals surface area contributed by atoms with E-state index in [2.05, 4.69) is 0 Å². The van der Waals surface area contributed by atoms with Gasteiger partial charge in [0.15, 0.2) is 0 Å². The highest BCUT2D eigenvalue weighted by Crippen LogP contribution is 2.50. The van der Waals surface area contributed by atoms with Crippen LogP contribution in [0.3, 0.4) is 0 Å². The van der Waals surface area contributed by atoms with Gasteiger partial charge in [-0.25, -0.2) is 4.57 Å². The van der Waals surface area contributed by atoms with Crippen LogP contribution in [-0.4, -0.2) is 11.7 Å². The van der Waals surface area contributed by atoms with E-state index in [1.54, 1.807) is 36.4 Å². The van der Waals surface area contributed by atoms with E-state index in [0.717, 1.165) is 12.8 Å². The summed E-state index contributed by atoms with van der Waals surface area (Å²) < 4.78 is 28.9. The third-order valence-corrected chi connectivity index (χ3v) is 4.11. The average molecular weight is 322 g/mol. The molecule has 0 bridgehead atoms. The molecule has 0 radical (unpaired) electrons. The number of phosphoric ester groups is 1. The summed E-state index contributed by atoms with van der Waals surface area (Å²) >= 11 is 0. The van der Waals surface area contributed by atoms with Crippen LogP contribution in [0.4, 0.5) is 0 Å². The summed E-state index contributed by atoms with van der Waals surface area (Å²) in [5.41, 5.74) is 0. The Labute approximate surface area is 130 Å². The second-order valence-corrected chi connectivity index (χ2v) is 6.14. The number of phenolic OH excluding ortho intramolecular Hbond substituents is 1. The summed E-state index contributed by atoms with van der Waals surface area (Å²) in [6, 6.07) is 14.7. The van der Waals surface area contributed by atoms with Gasteiger partial charge in [0.05, 0.1) is 6.61 Å². The molecule has 118 valence electrons. The number of hydrogen-bond donors (Lipinski definition) is 1. The monoisotopic (exact) mass is 322 g/mol. The molecule has 22 heavy (non-hydrogen) atoms. The minimum Gasteiger partial charge on any atom is -0.508 e. The van der Waals surface area contributed by atoms with Gasteiger partial charge >= 0.3 is 7.82 Å². The van der Waals surface area contributed by atoms with Crippen molar-refractivity contribution in [1.82, 2.24) is 0 Å². The van der Waals surface area contributed by atoms with E-state index in [-0.39, 0.29) is 18.1 Å². The molecule has 0 saturated heterocycles. The SMILES string of the molecule is CCCCOP(=O)(Oc1ccccc1)Oc1cccc(O)c1. The Morgan fingerprint density at radius 3 is 2.36 bits per heavy atom. The zero-order valence-corrected chi connectivity index (χ0v) is 13.2. The van der Waals surface area contributed by atoms with Crippen LogP contribution in [0, 0.1) is 0 Å². The first-order valence-electron chi connectivity index (χ1n) is 7.09. The van der Waals surface area contributed by atoms with Crippen LogP contribution in [0.1, 0.15) is 19.8 Å². The second kappa shape index (κ2) is 7.87. The summed E-state index contributed by atoms with van der Waals surface area (Å²) in [4.78, 5) is 0. The summed E-state index contributed by atoms with van der Waals surface area (Å²) in [5, 5.41) is 9.46. The Morgan fingerprint density at radius 2 is 1.68 bits per heavy atom. The van der Waals surface area contributed by atoms with E-state index in [0.29, 0.717) is 5.75 Å². The number of aromatic hydroxyl groups is 1. The Kier molecular flexibility index (Phi) is 5.87. The second-order valence-electron chi connectivity index (χ2n) is 4.63. The van der Waals surface area contributed by atoms with Crippen LogP contribution in [0.15, 0.2) is 54.6 Å². The molecule has 6 heteroatoms. The molecule has 0 spiro atoms. The largest absolute Gasteiger partial charge is 0.587 e. The molecule has 0 aliphatic carbocycles. The molecular formula is C16H19O5P. The minimum absolute atomic E-state index is 0.0114. The molecule has 0 heterocycles. The topological polar surface area (TPSA) is 65.0 Å². The quantitative estimate of drug-likeness (QED) is 0.560. The van der Waals surface area contributed by atoms with E-state index < -0.39 is 7.82 Å². The van der Waals surface area contributed by atoms with Gasteiger partial charge in [0.1, 0.15) is 17.2 Å². The first-order valence-corrected chi connectivity index (χ1v) is 8.55. The Bertz CT molecular complexity index is 629. The predicted molar refractivity (Wildman–Crippen MR) is 84.3 cm³/mol. The van der Waals surface area contributed by atoms with Crippen molar-refractivity contribution in [3.8, 4) is 17.2 Å². The summed E-state index contributed by atoms with van der Waals surface area (Å²) in [5.74, 6) is 0.621. The number of benzene rings is 2. The van der Waals surface area contributed by atoms with Crippen LogP contribution >= 0.6 is 7.82 Å². The Hall–Kier alpha value is -1.97. The molecule has 0 aromatic heterocycles. The average Bonchev–Trinajstić information content (AvgIpc) is 2.48. The standard InChI is InChI=1S/C16H19O5P/c1-2-3-12-19-22(18,20-15-9-5-4-6-10-15)21-16-11-7-8-14(17)13-16/h4-11,13,17H,2-3,12H2,1H3. The van der Waals surface area contributed by atoms with Crippen LogP contribution < -0.4 is 9.05 Å². The number of para-hydroxylation sites is 1. The Morgan fingerprint density at radius 1 is 1.00 bits per heavy atom. The van der Waals surface area contributed by atoms with Gasteiger partial charge in [-0.1, -0.05) is 37.6 Å². The van der Waals surface area contributed by atoms with Crippen molar-refractivity contribution in [3.63, 3.8) is 0 Å². The van der Waals surface area contributed by atoms with Crippen LogP contribution in [-0.2, 0) is 9.09 Å². The van der Waals surface area contributed by atoms with Crippen molar-refractivity contribution < 1.29 is 23.2 Å². The van der Waals surface area contributed by atoms with E-state index in [1.807, 2.05) is 13.0 Å². The smallest absolute Gasteiger partial charge is 0.508 e. The summed E-state index contributed by atoms with van der Waals surface area (Å²) in [7, 11) is -3.82. The Balaban J connectivity index is 2.15. The molecule has 0 amide bonds. The van der Waals surface area contributed by atoms with Gasteiger partial charge in [0, 0.05) is 6.07 Å². The summed E-state index contributed by atoms with van der Waals surface area (Å²) in [6.07, 6.45) is 1.64. The number of phosphoric acid groups is 1. The number of unbranched alkanes of at least 4 members (excludes halogenated alkanes) is 1. The number of rotatable bonds is 8. The van der Waals surface area contributed by atoms with Crippen molar-refractivity contribution >= 4 is 7.82 Å². The van der Waals surface area contributed by atoms with Gasteiger partial charge in [0.2, 0.25) is 0 Å². The molecule has 0 saturated carbocycles. The maximum atomic E-state index is 12.8. The normalized spacial score (nSPS) is 13.3. The van der Waals surface area contributed by atoms with Crippen LogP contribution in [0.5, 0.6) is 17.2 Å². The first kappa shape index (κ1) is 16.4. The van der Waals surface area contributed by atoms with Gasteiger partial charge in [-0.3, -0.25) is 4.52 Å². The van der Waals surface area contributed by atoms with Crippen molar-refractivity contribution in [3.05, 3.63) is 54.6 Å². The highest BCUT2D eigenvalue weighted by molar-refractivity contribution is 7.49. The highest BCUT2D eigenvalue weighted by Gasteiger charge is 2.30. The fourth-order valence-electron chi connectivity index (χ4n) is 1.67. The molecule has 1 N–H and O–H groups in total. The van der Waals surface area contributed by atoms with Crippen molar-refractivity contribution in [2.24, 2.45) is 0 Å². The lowest BCUT2D eigenvalue weighted by atomic mass is 10.3. The first-order chi connectivity index (χ1) is 10.6. The lowest BCUT2D eigenvalue weighted by Gasteiger charge is -2.19. The highest BCUT2D eigenvalue weighted by atomic mass is 31.2. The molecule has 5 nitrogen and oxygen atoms in total. The van der Waals surface area contributed by atoms with E-state index in [4.69, 9.17) is 13.6 Å². The van der Waals surface area contributed by atoms with Crippen LogP contribution in [0.2, 0.25) is 0 Å². The van der Waals surface area contributed by atoms with Crippen molar-refractivity contribution in [2.75, 3.05) is 6.61 Å². The van der Waals surface area contributed by atoms with Gasteiger partial charge in [0.25, 0.3) is 0 Å². The lowest BCUT2D eigenvalue weighted by Crippen LogP contribution is -2.06. The molecule has 2 aromatic rings. The van der Waals surface area contributed by atoms with Crippen molar-refractivity contribution in [2.45, 2.75) is 19.8 Å². The maximum absolute atomic E-state index is 12.8. The molecule has 2 rings (SSSR count). The summed E-state index contributed by atoms with van der Waals surface area (Å²) in [6.45, 7) is 2.27. The zero-order valence-electron chi connectivity index (χ0n) is 12.3. The van der Waals surface area contributed by atoms with E-state index in [9.17, 15) is 9.67 Å². The molecule has 0 aliphatic rings. The number of hydrogen-bond acceptors (Lipinski definition) is 5. The molecule has 1 atom stereocenters.